The predicted octanol–water partition coefficient (Wildman–Crippen LogP) is 2.80. The Morgan fingerprint density at radius 1 is 1.44 bits per heavy atom. The number of hydrogen-bond acceptors (Lipinski definition) is 3. The lowest BCUT2D eigenvalue weighted by Gasteiger charge is -2.03. The van der Waals surface area contributed by atoms with E-state index in [4.69, 9.17) is 16.3 Å². The molecule has 0 fully saturated rings. The molecule has 0 unspecified atom stereocenters. The molecule has 0 aliphatic carbocycles. The molecule has 16 heavy (non-hydrogen) atoms. The third-order valence-electron chi connectivity index (χ3n) is 2.15. The van der Waals surface area contributed by atoms with Gasteiger partial charge in [-0.1, -0.05) is 11.6 Å². The second-order valence-corrected chi connectivity index (χ2v) is 3.63. The van der Waals surface area contributed by atoms with E-state index in [1.165, 1.54) is 13.4 Å². The van der Waals surface area contributed by atoms with Gasteiger partial charge in [-0.2, -0.15) is 0 Å². The third-order valence-corrected chi connectivity index (χ3v) is 2.38. The SMILES string of the molecule is COC(=O)C1=Cc2cc(Cl)ccc2OC=C1. The normalized spacial score (nSPS) is 13.2. The van der Waals surface area contributed by atoms with Crippen molar-refractivity contribution in [3.63, 3.8) is 0 Å². The van der Waals surface area contributed by atoms with Crippen molar-refractivity contribution in [2.24, 2.45) is 0 Å². The summed E-state index contributed by atoms with van der Waals surface area (Å²) in [5.74, 6) is 0.243. The van der Waals surface area contributed by atoms with Crippen LogP contribution in [0.3, 0.4) is 0 Å². The van der Waals surface area contributed by atoms with Crippen LogP contribution in [0.5, 0.6) is 5.75 Å². The van der Waals surface area contributed by atoms with Gasteiger partial charge in [0.15, 0.2) is 0 Å². The number of halogens is 1. The fraction of sp³-hybridized carbons (Fsp3) is 0.0833. The fourth-order valence-corrected chi connectivity index (χ4v) is 1.56. The van der Waals surface area contributed by atoms with E-state index in [0.717, 1.165) is 5.56 Å². The van der Waals surface area contributed by atoms with Crippen LogP contribution >= 0.6 is 11.6 Å². The van der Waals surface area contributed by atoms with Gasteiger partial charge >= 0.3 is 5.97 Å². The largest absolute Gasteiger partial charge is 0.465 e. The minimum atomic E-state index is -0.410. The van der Waals surface area contributed by atoms with Gasteiger partial charge in [0.1, 0.15) is 5.75 Å². The third kappa shape index (κ3) is 2.09. The van der Waals surface area contributed by atoms with E-state index in [1.54, 1.807) is 30.4 Å². The van der Waals surface area contributed by atoms with Gasteiger partial charge in [0.2, 0.25) is 0 Å². The number of carbonyl (C=O) groups excluding carboxylic acids is 1. The van der Waals surface area contributed by atoms with Crippen LogP contribution in [0.15, 0.2) is 36.1 Å². The molecule has 1 aromatic rings. The van der Waals surface area contributed by atoms with Crippen LogP contribution in [0.25, 0.3) is 6.08 Å². The van der Waals surface area contributed by atoms with Crippen molar-refractivity contribution in [3.8, 4) is 5.75 Å². The fourth-order valence-electron chi connectivity index (χ4n) is 1.38. The van der Waals surface area contributed by atoms with Crippen LogP contribution in [-0.4, -0.2) is 13.1 Å². The minimum absolute atomic E-state index is 0.410. The molecule has 0 spiro atoms. The molecule has 0 amide bonds. The standard InChI is InChI=1S/C12H9ClO3/c1-15-12(14)8-4-5-16-11-3-2-10(13)7-9(11)6-8/h2-7H,1H3. The first-order chi connectivity index (χ1) is 7.70. The van der Waals surface area contributed by atoms with Crippen LogP contribution < -0.4 is 4.74 Å². The summed E-state index contributed by atoms with van der Waals surface area (Å²) in [4.78, 5) is 11.4. The molecule has 0 aromatic heterocycles. The Balaban J connectivity index is 2.48. The first kappa shape index (κ1) is 10.8. The molecule has 0 saturated heterocycles. The van der Waals surface area contributed by atoms with Crippen molar-refractivity contribution in [1.29, 1.82) is 0 Å². The number of carbonyl (C=O) groups is 1. The molecule has 1 aromatic carbocycles. The summed E-state index contributed by atoms with van der Waals surface area (Å²) >= 11 is 5.87. The molecule has 1 aliphatic heterocycles. The van der Waals surface area contributed by atoms with Crippen molar-refractivity contribution in [1.82, 2.24) is 0 Å². The molecular formula is C12H9ClO3. The van der Waals surface area contributed by atoms with Gasteiger partial charge in [0.25, 0.3) is 0 Å². The number of methoxy groups -OCH3 is 1. The van der Waals surface area contributed by atoms with Crippen molar-refractivity contribution in [2.45, 2.75) is 0 Å². The molecule has 2 rings (SSSR count). The van der Waals surface area contributed by atoms with E-state index in [9.17, 15) is 4.79 Å². The van der Waals surface area contributed by atoms with Crippen molar-refractivity contribution in [3.05, 3.63) is 46.7 Å². The van der Waals surface area contributed by atoms with Crippen molar-refractivity contribution < 1.29 is 14.3 Å². The zero-order chi connectivity index (χ0) is 11.5. The molecule has 1 heterocycles. The Morgan fingerprint density at radius 2 is 2.25 bits per heavy atom. The first-order valence-corrected chi connectivity index (χ1v) is 5.01. The quantitative estimate of drug-likeness (QED) is 0.704. The predicted molar refractivity (Wildman–Crippen MR) is 61.2 cm³/mol. The summed E-state index contributed by atoms with van der Waals surface area (Å²) in [7, 11) is 1.33. The highest BCUT2D eigenvalue weighted by atomic mass is 35.5. The molecule has 0 N–H and O–H groups in total. The Morgan fingerprint density at radius 3 is 3.00 bits per heavy atom. The number of ether oxygens (including phenoxy) is 2. The van der Waals surface area contributed by atoms with Crippen LogP contribution in [0, 0.1) is 0 Å². The zero-order valence-electron chi connectivity index (χ0n) is 8.57. The van der Waals surface area contributed by atoms with Gasteiger partial charge < -0.3 is 9.47 Å². The zero-order valence-corrected chi connectivity index (χ0v) is 9.32. The Labute approximate surface area is 97.9 Å². The molecule has 1 aliphatic rings. The molecule has 0 radical (unpaired) electrons. The first-order valence-electron chi connectivity index (χ1n) is 4.63. The maximum atomic E-state index is 11.4. The molecular weight excluding hydrogens is 228 g/mol. The summed E-state index contributed by atoms with van der Waals surface area (Å²) in [6.45, 7) is 0. The number of benzene rings is 1. The van der Waals surface area contributed by atoms with E-state index < -0.39 is 5.97 Å². The van der Waals surface area contributed by atoms with E-state index >= 15 is 0 Å². The van der Waals surface area contributed by atoms with E-state index in [1.807, 2.05) is 0 Å². The Kier molecular flexibility index (Phi) is 2.97. The van der Waals surface area contributed by atoms with Crippen LogP contribution in [-0.2, 0) is 9.53 Å². The summed E-state index contributed by atoms with van der Waals surface area (Å²) in [6.07, 6.45) is 4.68. The van der Waals surface area contributed by atoms with Gasteiger partial charge in [0, 0.05) is 10.6 Å². The Bertz CT molecular complexity index is 489. The average Bonchev–Trinajstić information content (AvgIpc) is 2.49. The molecule has 82 valence electrons. The van der Waals surface area contributed by atoms with E-state index in [2.05, 4.69) is 4.74 Å². The van der Waals surface area contributed by atoms with E-state index in [0.29, 0.717) is 16.3 Å². The molecule has 3 nitrogen and oxygen atoms in total. The summed E-state index contributed by atoms with van der Waals surface area (Å²) in [6, 6.07) is 5.21. The van der Waals surface area contributed by atoms with Crippen molar-refractivity contribution in [2.75, 3.05) is 7.11 Å². The topological polar surface area (TPSA) is 35.5 Å². The lowest BCUT2D eigenvalue weighted by Crippen LogP contribution is -2.01. The van der Waals surface area contributed by atoms with Crippen LogP contribution in [0.4, 0.5) is 0 Å². The highest BCUT2D eigenvalue weighted by Crippen LogP contribution is 2.27. The smallest absolute Gasteiger partial charge is 0.337 e. The minimum Gasteiger partial charge on any atom is -0.465 e. The summed E-state index contributed by atoms with van der Waals surface area (Å²) < 4.78 is 9.97. The summed E-state index contributed by atoms with van der Waals surface area (Å²) in [5, 5.41) is 0.588. The lowest BCUT2D eigenvalue weighted by atomic mass is 10.1. The van der Waals surface area contributed by atoms with Gasteiger partial charge in [-0.05, 0) is 30.4 Å². The second-order valence-electron chi connectivity index (χ2n) is 3.19. The van der Waals surface area contributed by atoms with Gasteiger partial charge in [-0.15, -0.1) is 0 Å². The van der Waals surface area contributed by atoms with Gasteiger partial charge in [-0.3, -0.25) is 0 Å². The molecule has 0 saturated carbocycles. The Hall–Kier alpha value is -1.74. The molecule has 0 atom stereocenters. The molecule has 0 bridgehead atoms. The van der Waals surface area contributed by atoms with E-state index in [-0.39, 0.29) is 0 Å². The summed E-state index contributed by atoms with van der Waals surface area (Å²) in [5.41, 5.74) is 1.17. The number of esters is 1. The number of hydrogen-bond donors (Lipinski definition) is 0. The maximum Gasteiger partial charge on any atom is 0.337 e. The highest BCUT2D eigenvalue weighted by molar-refractivity contribution is 6.30. The van der Waals surface area contributed by atoms with Gasteiger partial charge in [-0.25, -0.2) is 4.79 Å². The van der Waals surface area contributed by atoms with Crippen molar-refractivity contribution >= 4 is 23.6 Å². The van der Waals surface area contributed by atoms with Crippen LogP contribution in [0.2, 0.25) is 5.02 Å². The van der Waals surface area contributed by atoms with Gasteiger partial charge in [0.05, 0.1) is 18.9 Å². The lowest BCUT2D eigenvalue weighted by molar-refractivity contribution is -0.135. The maximum absolute atomic E-state index is 11.4. The second kappa shape index (κ2) is 4.41. The monoisotopic (exact) mass is 236 g/mol. The number of rotatable bonds is 1. The highest BCUT2D eigenvalue weighted by Gasteiger charge is 2.12. The van der Waals surface area contributed by atoms with Crippen LogP contribution in [0.1, 0.15) is 5.56 Å². The average molecular weight is 237 g/mol. The number of fused-ring (bicyclic) bond motifs is 1. The molecule has 4 heteroatoms.